The molecular formula is C38H32N2. The topological polar surface area (TPSA) is 9.86 Å². The summed E-state index contributed by atoms with van der Waals surface area (Å²) in [5.74, 6) is 0. The van der Waals surface area contributed by atoms with Gasteiger partial charge in [-0.05, 0) is 72.5 Å². The highest BCUT2D eigenvalue weighted by atomic mass is 15.0. The standard InChI is InChI=1S/C38H32N2/c1-21-13-15-31-25(17-21)23-9-7-11-27-35(23)39(31)33-19-30-34(20-29(33)37(27,3)4)40-32-16-14-22(2)18-26(32)24-10-8-12-28(36(24)40)38(30,5)6/h7-20H,1-6H3. The van der Waals surface area contributed by atoms with E-state index in [2.05, 4.69) is 136 Å². The van der Waals surface area contributed by atoms with E-state index in [0.717, 1.165) is 0 Å². The molecule has 0 saturated carbocycles. The number of hydrogen-bond acceptors (Lipinski definition) is 0. The number of aryl methyl sites for hydroxylation is 2. The van der Waals surface area contributed by atoms with Gasteiger partial charge in [-0.3, -0.25) is 0 Å². The molecule has 194 valence electrons. The minimum Gasteiger partial charge on any atom is -0.309 e. The molecule has 0 spiro atoms. The number of hydrogen-bond donors (Lipinski definition) is 0. The van der Waals surface area contributed by atoms with E-state index < -0.39 is 0 Å². The molecule has 2 aliphatic heterocycles. The van der Waals surface area contributed by atoms with E-state index in [0.29, 0.717) is 0 Å². The smallest absolute Gasteiger partial charge is 0.0582 e. The molecule has 40 heavy (non-hydrogen) atoms. The number of nitrogens with zero attached hydrogens (tertiary/aromatic N) is 2. The van der Waals surface area contributed by atoms with Crippen LogP contribution in [0.2, 0.25) is 0 Å². The molecule has 0 saturated heterocycles. The molecule has 5 aromatic carbocycles. The number of fused-ring (bicyclic) bond motifs is 10. The zero-order valence-corrected chi connectivity index (χ0v) is 24.0. The Bertz CT molecular complexity index is 2120. The van der Waals surface area contributed by atoms with Crippen LogP contribution in [-0.2, 0) is 10.8 Å². The van der Waals surface area contributed by atoms with Crippen molar-refractivity contribution >= 4 is 43.6 Å². The van der Waals surface area contributed by atoms with E-state index in [4.69, 9.17) is 0 Å². The molecule has 0 amide bonds. The van der Waals surface area contributed by atoms with Crippen molar-refractivity contribution in [1.82, 2.24) is 9.13 Å². The molecule has 4 heterocycles. The second-order valence-corrected chi connectivity index (χ2v) is 13.3. The van der Waals surface area contributed by atoms with E-state index >= 15 is 0 Å². The highest BCUT2D eigenvalue weighted by Gasteiger charge is 2.40. The summed E-state index contributed by atoms with van der Waals surface area (Å²) in [6, 6.07) is 32.7. The van der Waals surface area contributed by atoms with Gasteiger partial charge in [-0.25, -0.2) is 0 Å². The SMILES string of the molecule is Cc1ccc2c(c1)c1cccc3c1n2-c1cc2c(cc1C3(C)C)-n1c3ccc(C)cc3c3cccc(c31)C2(C)C. The van der Waals surface area contributed by atoms with Crippen molar-refractivity contribution in [3.63, 3.8) is 0 Å². The number of rotatable bonds is 0. The normalized spacial score (nSPS) is 16.1. The highest BCUT2D eigenvalue weighted by molar-refractivity contribution is 6.13. The van der Waals surface area contributed by atoms with Crippen LogP contribution in [0.5, 0.6) is 0 Å². The average Bonchev–Trinajstić information content (AvgIpc) is 3.43. The summed E-state index contributed by atoms with van der Waals surface area (Å²) < 4.78 is 5.12. The zero-order chi connectivity index (χ0) is 27.3. The second kappa shape index (κ2) is 6.88. The van der Waals surface area contributed by atoms with Crippen molar-refractivity contribution in [3.05, 3.63) is 118 Å². The Morgan fingerprint density at radius 1 is 0.450 bits per heavy atom. The van der Waals surface area contributed by atoms with Crippen molar-refractivity contribution in [2.24, 2.45) is 0 Å². The van der Waals surface area contributed by atoms with Crippen LogP contribution in [0.25, 0.3) is 55.0 Å². The van der Waals surface area contributed by atoms with Crippen LogP contribution in [0.4, 0.5) is 0 Å². The maximum Gasteiger partial charge on any atom is 0.0582 e. The first-order chi connectivity index (χ1) is 19.2. The summed E-state index contributed by atoms with van der Waals surface area (Å²) in [5.41, 5.74) is 15.9. The highest BCUT2D eigenvalue weighted by Crippen LogP contribution is 2.53. The van der Waals surface area contributed by atoms with E-state index in [1.165, 1.54) is 88.4 Å². The van der Waals surface area contributed by atoms with Crippen molar-refractivity contribution in [3.8, 4) is 11.4 Å². The van der Waals surface area contributed by atoms with Gasteiger partial charge in [0.1, 0.15) is 0 Å². The molecule has 0 radical (unpaired) electrons. The van der Waals surface area contributed by atoms with E-state index in [1.54, 1.807) is 0 Å². The van der Waals surface area contributed by atoms with Crippen molar-refractivity contribution in [2.75, 3.05) is 0 Å². The van der Waals surface area contributed by atoms with Crippen LogP contribution in [0.15, 0.2) is 84.9 Å². The molecule has 0 aliphatic carbocycles. The Hall–Kier alpha value is -4.30. The summed E-state index contributed by atoms with van der Waals surface area (Å²) in [5, 5.41) is 5.39. The molecule has 2 aromatic heterocycles. The molecule has 0 N–H and O–H groups in total. The Labute approximate surface area is 234 Å². The van der Waals surface area contributed by atoms with Gasteiger partial charge >= 0.3 is 0 Å². The van der Waals surface area contributed by atoms with Gasteiger partial charge in [-0.2, -0.15) is 0 Å². The molecule has 0 bridgehead atoms. The Morgan fingerprint density at radius 2 is 0.875 bits per heavy atom. The summed E-state index contributed by atoms with van der Waals surface area (Å²) >= 11 is 0. The second-order valence-electron chi connectivity index (χ2n) is 13.3. The Balaban J connectivity index is 1.49. The maximum atomic E-state index is 2.56. The third kappa shape index (κ3) is 2.43. The molecule has 0 unspecified atom stereocenters. The lowest BCUT2D eigenvalue weighted by atomic mass is 9.70. The first kappa shape index (κ1) is 22.5. The van der Waals surface area contributed by atoms with Crippen LogP contribution < -0.4 is 0 Å². The first-order valence-corrected chi connectivity index (χ1v) is 14.5. The predicted molar refractivity (Wildman–Crippen MR) is 169 cm³/mol. The third-order valence-electron chi connectivity index (χ3n) is 10.2. The zero-order valence-electron chi connectivity index (χ0n) is 24.0. The molecule has 9 rings (SSSR count). The fourth-order valence-electron chi connectivity index (χ4n) is 8.11. The monoisotopic (exact) mass is 516 g/mol. The minimum atomic E-state index is -0.136. The van der Waals surface area contributed by atoms with E-state index in [9.17, 15) is 0 Å². The van der Waals surface area contributed by atoms with Crippen LogP contribution in [-0.4, -0.2) is 9.13 Å². The lowest BCUT2D eigenvalue weighted by Crippen LogP contribution is -2.31. The van der Waals surface area contributed by atoms with Crippen molar-refractivity contribution < 1.29 is 0 Å². The predicted octanol–water partition coefficient (Wildman–Crippen LogP) is 9.78. The lowest BCUT2D eigenvalue weighted by Gasteiger charge is -2.40. The van der Waals surface area contributed by atoms with Gasteiger partial charge in [-0.1, -0.05) is 87.4 Å². The lowest BCUT2D eigenvalue weighted by molar-refractivity contribution is 0.610. The molecule has 0 fully saturated rings. The fraction of sp³-hybridized carbons (Fsp3) is 0.211. The summed E-state index contributed by atoms with van der Waals surface area (Å²) in [6.07, 6.45) is 0. The maximum absolute atomic E-state index is 2.56. The molecule has 2 nitrogen and oxygen atoms in total. The molecular weight excluding hydrogens is 484 g/mol. The molecule has 2 heteroatoms. The van der Waals surface area contributed by atoms with Crippen LogP contribution in [0.3, 0.4) is 0 Å². The summed E-state index contributed by atoms with van der Waals surface area (Å²) in [6.45, 7) is 14.0. The van der Waals surface area contributed by atoms with E-state index in [1.807, 2.05) is 0 Å². The fourth-order valence-corrected chi connectivity index (χ4v) is 8.11. The van der Waals surface area contributed by atoms with Gasteiger partial charge in [0.05, 0.1) is 33.4 Å². The van der Waals surface area contributed by atoms with Gasteiger partial charge in [0.25, 0.3) is 0 Å². The number of benzene rings is 5. The van der Waals surface area contributed by atoms with Gasteiger partial charge in [0.15, 0.2) is 0 Å². The van der Waals surface area contributed by atoms with Gasteiger partial charge in [0, 0.05) is 32.4 Å². The van der Waals surface area contributed by atoms with Crippen LogP contribution in [0.1, 0.15) is 61.1 Å². The van der Waals surface area contributed by atoms with Crippen LogP contribution >= 0.6 is 0 Å². The molecule has 0 atom stereocenters. The molecule has 7 aromatic rings. The summed E-state index contributed by atoms with van der Waals surface area (Å²) in [4.78, 5) is 0. The van der Waals surface area contributed by atoms with E-state index in [-0.39, 0.29) is 10.8 Å². The minimum absolute atomic E-state index is 0.136. The summed E-state index contributed by atoms with van der Waals surface area (Å²) in [7, 11) is 0. The van der Waals surface area contributed by atoms with Crippen molar-refractivity contribution in [1.29, 1.82) is 0 Å². The Kier molecular flexibility index (Phi) is 3.87. The number of aromatic nitrogens is 2. The number of para-hydroxylation sites is 2. The quantitative estimate of drug-likeness (QED) is 0.190. The van der Waals surface area contributed by atoms with Gasteiger partial charge < -0.3 is 9.13 Å². The first-order valence-electron chi connectivity index (χ1n) is 14.5. The van der Waals surface area contributed by atoms with Gasteiger partial charge in [-0.15, -0.1) is 0 Å². The van der Waals surface area contributed by atoms with Crippen molar-refractivity contribution in [2.45, 2.75) is 52.4 Å². The van der Waals surface area contributed by atoms with Gasteiger partial charge in [0.2, 0.25) is 0 Å². The van der Waals surface area contributed by atoms with Crippen LogP contribution in [0, 0.1) is 13.8 Å². The average molecular weight is 517 g/mol. The Morgan fingerprint density at radius 3 is 1.30 bits per heavy atom. The largest absolute Gasteiger partial charge is 0.309 e. The molecule has 2 aliphatic rings. The third-order valence-corrected chi connectivity index (χ3v) is 10.2.